The van der Waals surface area contributed by atoms with Crippen molar-refractivity contribution in [1.82, 2.24) is 19.8 Å². The molecule has 2 N–H and O–H groups in total. The average molecular weight is 380 g/mol. The first kappa shape index (κ1) is 18.5. The summed E-state index contributed by atoms with van der Waals surface area (Å²) in [6, 6.07) is 5.85. The smallest absolute Gasteiger partial charge is 0.257 e. The second-order valence-electron chi connectivity index (χ2n) is 6.55. The van der Waals surface area contributed by atoms with Gasteiger partial charge in [0, 0.05) is 25.2 Å². The Bertz CT molecular complexity index is 880. The van der Waals surface area contributed by atoms with Crippen molar-refractivity contribution < 1.29 is 17.6 Å². The normalized spacial score (nSPS) is 18.1. The molecule has 1 aromatic carbocycles. The fourth-order valence-electron chi connectivity index (χ4n) is 3.14. The Morgan fingerprint density at radius 2 is 2.12 bits per heavy atom. The molecule has 9 heteroatoms. The van der Waals surface area contributed by atoms with E-state index in [1.54, 1.807) is 17.0 Å². The minimum atomic E-state index is -3.25. The van der Waals surface area contributed by atoms with E-state index in [1.165, 1.54) is 18.3 Å². The molecule has 1 fully saturated rings. The summed E-state index contributed by atoms with van der Waals surface area (Å²) in [5.41, 5.74) is 1.65. The third kappa shape index (κ3) is 4.47. The largest absolute Gasteiger partial charge is 0.338 e. The number of sulfonamides is 1. The standard InChI is InChI=1S/C17H21FN4O3S/c1-26(24,25)20-9-12-3-2-8-22(11-12)17(23)15-10-19-21-16(15)13-4-6-14(18)7-5-13/h4-7,10,12,20H,2-3,8-9,11H2,1H3,(H,19,21). The molecule has 1 atom stereocenters. The molecule has 1 aliphatic rings. The lowest BCUT2D eigenvalue weighted by Crippen LogP contribution is -2.43. The molecule has 0 bridgehead atoms. The molecular formula is C17H21FN4O3S. The van der Waals surface area contributed by atoms with E-state index >= 15 is 0 Å². The van der Waals surface area contributed by atoms with Gasteiger partial charge < -0.3 is 4.90 Å². The lowest BCUT2D eigenvalue weighted by atomic mass is 9.97. The maximum absolute atomic E-state index is 13.1. The highest BCUT2D eigenvalue weighted by Crippen LogP contribution is 2.25. The molecular weight excluding hydrogens is 359 g/mol. The molecule has 7 nitrogen and oxygen atoms in total. The van der Waals surface area contributed by atoms with E-state index in [4.69, 9.17) is 0 Å². The van der Waals surface area contributed by atoms with E-state index in [-0.39, 0.29) is 17.6 Å². The predicted molar refractivity (Wildman–Crippen MR) is 95.5 cm³/mol. The molecule has 26 heavy (non-hydrogen) atoms. The fourth-order valence-corrected chi connectivity index (χ4v) is 3.68. The molecule has 2 aromatic rings. The molecule has 1 saturated heterocycles. The molecule has 0 spiro atoms. The SMILES string of the molecule is CS(=O)(=O)NCC1CCCN(C(=O)c2cn[nH]c2-c2ccc(F)cc2)C1. The van der Waals surface area contributed by atoms with Crippen molar-refractivity contribution in [1.29, 1.82) is 0 Å². The molecule has 1 unspecified atom stereocenters. The molecule has 1 aromatic heterocycles. The number of amides is 1. The highest BCUT2D eigenvalue weighted by atomic mass is 32.2. The van der Waals surface area contributed by atoms with Gasteiger partial charge in [0.05, 0.1) is 23.7 Å². The number of aromatic amines is 1. The summed E-state index contributed by atoms with van der Waals surface area (Å²) in [5.74, 6) is -0.441. The lowest BCUT2D eigenvalue weighted by Gasteiger charge is -2.32. The zero-order valence-corrected chi connectivity index (χ0v) is 15.2. The number of aromatic nitrogens is 2. The maximum Gasteiger partial charge on any atom is 0.257 e. The zero-order chi connectivity index (χ0) is 18.7. The van der Waals surface area contributed by atoms with Crippen molar-refractivity contribution in [3.05, 3.63) is 41.8 Å². The summed E-state index contributed by atoms with van der Waals surface area (Å²) in [5, 5.41) is 6.77. The van der Waals surface area contributed by atoms with Crippen molar-refractivity contribution in [2.24, 2.45) is 5.92 Å². The number of likely N-dealkylation sites (tertiary alicyclic amines) is 1. The van der Waals surface area contributed by atoms with Crippen LogP contribution in [0.4, 0.5) is 4.39 Å². The van der Waals surface area contributed by atoms with Crippen molar-refractivity contribution in [2.45, 2.75) is 12.8 Å². The van der Waals surface area contributed by atoms with Gasteiger partial charge in [-0.05, 0) is 43.0 Å². The number of rotatable bonds is 5. The number of nitrogens with zero attached hydrogens (tertiary/aromatic N) is 2. The third-order valence-electron chi connectivity index (χ3n) is 4.44. The molecule has 2 heterocycles. The Morgan fingerprint density at radius 3 is 2.81 bits per heavy atom. The summed E-state index contributed by atoms with van der Waals surface area (Å²) in [6.45, 7) is 1.41. The minimum Gasteiger partial charge on any atom is -0.338 e. The Morgan fingerprint density at radius 1 is 1.38 bits per heavy atom. The van der Waals surface area contributed by atoms with Crippen molar-refractivity contribution in [3.63, 3.8) is 0 Å². The third-order valence-corrected chi connectivity index (χ3v) is 5.13. The number of carbonyl (C=O) groups excluding carboxylic acids is 1. The van der Waals surface area contributed by atoms with Crippen LogP contribution in [0.25, 0.3) is 11.3 Å². The van der Waals surface area contributed by atoms with Crippen LogP contribution in [0.2, 0.25) is 0 Å². The van der Waals surface area contributed by atoms with E-state index in [1.807, 2.05) is 0 Å². The number of benzene rings is 1. The van der Waals surface area contributed by atoms with E-state index in [0.29, 0.717) is 36.5 Å². The number of piperidine rings is 1. The monoisotopic (exact) mass is 380 g/mol. The summed E-state index contributed by atoms with van der Waals surface area (Å²) in [6.07, 6.45) is 4.27. The molecule has 140 valence electrons. The topological polar surface area (TPSA) is 95.2 Å². The Kier molecular flexibility index (Phi) is 5.38. The molecule has 3 rings (SSSR count). The van der Waals surface area contributed by atoms with Gasteiger partial charge in [0.1, 0.15) is 5.82 Å². The second kappa shape index (κ2) is 7.55. The zero-order valence-electron chi connectivity index (χ0n) is 14.4. The number of carbonyl (C=O) groups is 1. The maximum atomic E-state index is 13.1. The summed E-state index contributed by atoms with van der Waals surface area (Å²) in [4.78, 5) is 14.6. The quantitative estimate of drug-likeness (QED) is 0.824. The van der Waals surface area contributed by atoms with Gasteiger partial charge in [0.15, 0.2) is 0 Å². The highest BCUT2D eigenvalue weighted by molar-refractivity contribution is 7.88. The minimum absolute atomic E-state index is 0.0728. The van der Waals surface area contributed by atoms with Crippen LogP contribution in [-0.4, -0.2) is 55.3 Å². The first-order valence-corrected chi connectivity index (χ1v) is 10.3. The molecule has 1 aliphatic heterocycles. The molecule has 0 saturated carbocycles. The molecule has 0 aliphatic carbocycles. The van der Waals surface area contributed by atoms with Crippen LogP contribution in [-0.2, 0) is 10.0 Å². The number of hydrogen-bond donors (Lipinski definition) is 2. The number of H-pyrrole nitrogens is 1. The summed E-state index contributed by atoms with van der Waals surface area (Å²) < 4.78 is 38.2. The van der Waals surface area contributed by atoms with Crippen LogP contribution in [0.1, 0.15) is 23.2 Å². The van der Waals surface area contributed by atoms with Gasteiger partial charge in [-0.2, -0.15) is 5.10 Å². The number of halogens is 1. The van der Waals surface area contributed by atoms with Crippen LogP contribution >= 0.6 is 0 Å². The van der Waals surface area contributed by atoms with Crippen LogP contribution in [0, 0.1) is 11.7 Å². The highest BCUT2D eigenvalue weighted by Gasteiger charge is 2.27. The summed E-state index contributed by atoms with van der Waals surface area (Å²) >= 11 is 0. The van der Waals surface area contributed by atoms with E-state index < -0.39 is 10.0 Å². The van der Waals surface area contributed by atoms with Crippen LogP contribution < -0.4 is 4.72 Å². The van der Waals surface area contributed by atoms with Gasteiger partial charge >= 0.3 is 0 Å². The Labute approximate surface area is 151 Å². The first-order valence-electron chi connectivity index (χ1n) is 8.37. The van der Waals surface area contributed by atoms with Crippen LogP contribution in [0.15, 0.2) is 30.5 Å². The van der Waals surface area contributed by atoms with E-state index in [0.717, 1.165) is 19.1 Å². The van der Waals surface area contributed by atoms with Crippen molar-refractivity contribution in [3.8, 4) is 11.3 Å². The van der Waals surface area contributed by atoms with Gasteiger partial charge in [0.2, 0.25) is 10.0 Å². The van der Waals surface area contributed by atoms with Crippen LogP contribution in [0.5, 0.6) is 0 Å². The summed E-state index contributed by atoms with van der Waals surface area (Å²) in [7, 11) is -3.25. The lowest BCUT2D eigenvalue weighted by molar-refractivity contribution is 0.0677. The van der Waals surface area contributed by atoms with Gasteiger partial charge in [-0.3, -0.25) is 9.89 Å². The van der Waals surface area contributed by atoms with Gasteiger partial charge in [-0.25, -0.2) is 17.5 Å². The Balaban J connectivity index is 1.73. The molecule has 0 radical (unpaired) electrons. The molecule has 1 amide bonds. The van der Waals surface area contributed by atoms with Gasteiger partial charge in [0.25, 0.3) is 5.91 Å². The second-order valence-corrected chi connectivity index (χ2v) is 8.38. The first-order chi connectivity index (χ1) is 12.3. The van der Waals surface area contributed by atoms with Crippen LogP contribution in [0.3, 0.4) is 0 Å². The van der Waals surface area contributed by atoms with Gasteiger partial charge in [-0.1, -0.05) is 0 Å². The fraction of sp³-hybridized carbons (Fsp3) is 0.412. The van der Waals surface area contributed by atoms with E-state index in [9.17, 15) is 17.6 Å². The van der Waals surface area contributed by atoms with Crippen molar-refractivity contribution in [2.75, 3.05) is 25.9 Å². The van der Waals surface area contributed by atoms with Crippen molar-refractivity contribution >= 4 is 15.9 Å². The average Bonchev–Trinajstić information content (AvgIpc) is 3.09. The Hall–Kier alpha value is -2.26. The number of hydrogen-bond acceptors (Lipinski definition) is 4. The number of nitrogens with one attached hydrogen (secondary N) is 2. The van der Waals surface area contributed by atoms with E-state index in [2.05, 4.69) is 14.9 Å². The predicted octanol–water partition coefficient (Wildman–Crippen LogP) is 1.62. The van der Waals surface area contributed by atoms with Gasteiger partial charge in [-0.15, -0.1) is 0 Å².